The average molecular weight is 414 g/mol. The van der Waals surface area contributed by atoms with Gasteiger partial charge in [0.2, 0.25) is 0 Å². The maximum Gasteiger partial charge on any atom is 0.471 e. The van der Waals surface area contributed by atoms with Crippen LogP contribution in [0.1, 0.15) is 33.6 Å². The van der Waals surface area contributed by atoms with Crippen LogP contribution in [0.2, 0.25) is 0 Å². The molecule has 1 aromatic heterocycles. The third-order valence-corrected chi connectivity index (χ3v) is 6.18. The Morgan fingerprint density at radius 2 is 1.74 bits per heavy atom. The fourth-order valence-corrected chi connectivity index (χ4v) is 4.63. The van der Waals surface area contributed by atoms with Crippen LogP contribution in [0.15, 0.2) is 29.2 Å². The SMILES string of the molecule is CSc1ccc(NC(=O)c2c(NC(=O)C(F)(F)F)sc3c2CCCC3)cc1. The summed E-state index contributed by atoms with van der Waals surface area (Å²) < 4.78 is 38.0. The number of alkyl halides is 3. The second kappa shape index (κ2) is 7.93. The van der Waals surface area contributed by atoms with Gasteiger partial charge in [0.25, 0.3) is 5.91 Å². The van der Waals surface area contributed by atoms with Crippen LogP contribution in [0.25, 0.3) is 0 Å². The highest BCUT2D eigenvalue weighted by Crippen LogP contribution is 2.39. The molecule has 0 bridgehead atoms. The summed E-state index contributed by atoms with van der Waals surface area (Å²) >= 11 is 2.61. The fourth-order valence-electron chi connectivity index (χ4n) is 2.94. The molecule has 1 aliphatic rings. The minimum Gasteiger partial charge on any atom is -0.322 e. The van der Waals surface area contributed by atoms with Crippen molar-refractivity contribution in [1.29, 1.82) is 0 Å². The van der Waals surface area contributed by atoms with Gasteiger partial charge in [0.05, 0.1) is 5.56 Å². The standard InChI is InChI=1S/C18H17F3N2O2S2/c1-26-11-8-6-10(7-9-11)22-15(24)14-12-4-2-3-5-13(12)27-16(14)23-17(25)18(19,20)21/h6-9H,2-5H2,1H3,(H,22,24)(H,23,25). The molecular weight excluding hydrogens is 397 g/mol. The smallest absolute Gasteiger partial charge is 0.322 e. The summed E-state index contributed by atoms with van der Waals surface area (Å²) in [5, 5.41) is 4.57. The number of rotatable bonds is 4. The van der Waals surface area contributed by atoms with Gasteiger partial charge in [0.1, 0.15) is 5.00 Å². The Balaban J connectivity index is 1.90. The molecule has 1 aromatic carbocycles. The van der Waals surface area contributed by atoms with Crippen molar-refractivity contribution in [2.75, 3.05) is 16.9 Å². The van der Waals surface area contributed by atoms with Crippen molar-refractivity contribution in [3.05, 3.63) is 40.3 Å². The molecule has 0 unspecified atom stereocenters. The van der Waals surface area contributed by atoms with Crippen molar-refractivity contribution < 1.29 is 22.8 Å². The molecule has 0 saturated carbocycles. The van der Waals surface area contributed by atoms with E-state index in [1.807, 2.05) is 23.7 Å². The Hall–Kier alpha value is -2.00. The summed E-state index contributed by atoms with van der Waals surface area (Å²) in [4.78, 5) is 26.1. The molecule has 2 N–H and O–H groups in total. The molecule has 2 aromatic rings. The normalized spacial score (nSPS) is 13.8. The first-order chi connectivity index (χ1) is 12.8. The van der Waals surface area contributed by atoms with E-state index < -0.39 is 18.0 Å². The number of carbonyl (C=O) groups excluding carboxylic acids is 2. The number of anilines is 2. The van der Waals surface area contributed by atoms with Gasteiger partial charge in [0, 0.05) is 15.5 Å². The maximum absolute atomic E-state index is 12.8. The van der Waals surface area contributed by atoms with Gasteiger partial charge in [-0.1, -0.05) is 0 Å². The first-order valence-corrected chi connectivity index (χ1v) is 10.3. The van der Waals surface area contributed by atoms with E-state index in [9.17, 15) is 22.8 Å². The van der Waals surface area contributed by atoms with Crippen molar-refractivity contribution >= 4 is 45.6 Å². The Kier molecular flexibility index (Phi) is 5.81. The molecule has 27 heavy (non-hydrogen) atoms. The van der Waals surface area contributed by atoms with Crippen LogP contribution in [0.4, 0.5) is 23.9 Å². The molecule has 0 radical (unpaired) electrons. The highest BCUT2D eigenvalue weighted by atomic mass is 32.2. The predicted molar refractivity (Wildman–Crippen MR) is 102 cm³/mol. The molecule has 144 valence electrons. The third kappa shape index (κ3) is 4.47. The fraction of sp³-hybridized carbons (Fsp3) is 0.333. The van der Waals surface area contributed by atoms with Crippen LogP contribution in [0.5, 0.6) is 0 Å². The van der Waals surface area contributed by atoms with E-state index in [1.54, 1.807) is 23.9 Å². The van der Waals surface area contributed by atoms with E-state index in [-0.39, 0.29) is 10.6 Å². The van der Waals surface area contributed by atoms with Gasteiger partial charge >= 0.3 is 12.1 Å². The third-order valence-electron chi connectivity index (χ3n) is 4.23. The summed E-state index contributed by atoms with van der Waals surface area (Å²) in [7, 11) is 0. The number of thioether (sulfide) groups is 1. The molecule has 0 fully saturated rings. The Labute approximate surface area is 162 Å². The second-order valence-corrected chi connectivity index (χ2v) is 8.03. The number of nitrogens with one attached hydrogen (secondary N) is 2. The average Bonchev–Trinajstić information content (AvgIpc) is 2.99. The first kappa shape index (κ1) is 19.8. The number of aryl methyl sites for hydroxylation is 1. The van der Waals surface area contributed by atoms with E-state index >= 15 is 0 Å². The van der Waals surface area contributed by atoms with Crippen molar-refractivity contribution in [2.45, 2.75) is 36.8 Å². The van der Waals surface area contributed by atoms with E-state index in [1.165, 1.54) is 0 Å². The number of thiophene rings is 1. The summed E-state index contributed by atoms with van der Waals surface area (Å²) in [6, 6.07) is 7.15. The minimum absolute atomic E-state index is 0.0394. The lowest BCUT2D eigenvalue weighted by molar-refractivity contribution is -0.167. The predicted octanol–water partition coefficient (Wildman–Crippen LogP) is 5.10. The largest absolute Gasteiger partial charge is 0.471 e. The molecule has 3 rings (SSSR count). The van der Waals surface area contributed by atoms with Crippen molar-refractivity contribution in [2.24, 2.45) is 0 Å². The quantitative estimate of drug-likeness (QED) is 0.684. The van der Waals surface area contributed by atoms with Gasteiger partial charge in [-0.05, 0) is 61.8 Å². The molecule has 0 aliphatic heterocycles. The summed E-state index contributed by atoms with van der Waals surface area (Å²) in [5.41, 5.74) is 1.42. The first-order valence-electron chi connectivity index (χ1n) is 8.27. The van der Waals surface area contributed by atoms with Gasteiger partial charge in [-0.2, -0.15) is 13.2 Å². The van der Waals surface area contributed by atoms with Crippen LogP contribution in [0.3, 0.4) is 0 Å². The number of carbonyl (C=O) groups is 2. The molecule has 2 amide bonds. The topological polar surface area (TPSA) is 58.2 Å². The number of hydrogen-bond acceptors (Lipinski definition) is 4. The number of fused-ring (bicyclic) bond motifs is 1. The van der Waals surface area contributed by atoms with Crippen LogP contribution in [-0.2, 0) is 17.6 Å². The van der Waals surface area contributed by atoms with Gasteiger partial charge < -0.3 is 10.6 Å². The van der Waals surface area contributed by atoms with Gasteiger partial charge in [-0.3, -0.25) is 9.59 Å². The zero-order valence-corrected chi connectivity index (χ0v) is 16.0. The van der Waals surface area contributed by atoms with Crippen molar-refractivity contribution in [3.8, 4) is 0 Å². The molecule has 0 saturated heterocycles. The lowest BCUT2D eigenvalue weighted by Gasteiger charge is -2.14. The van der Waals surface area contributed by atoms with Gasteiger partial charge in [-0.25, -0.2) is 0 Å². The van der Waals surface area contributed by atoms with Crippen molar-refractivity contribution in [3.63, 3.8) is 0 Å². The van der Waals surface area contributed by atoms with Crippen LogP contribution in [-0.4, -0.2) is 24.2 Å². The van der Waals surface area contributed by atoms with Crippen LogP contribution >= 0.6 is 23.1 Å². The second-order valence-electron chi connectivity index (χ2n) is 6.05. The Bertz CT molecular complexity index is 861. The number of amides is 2. The highest BCUT2D eigenvalue weighted by molar-refractivity contribution is 7.98. The van der Waals surface area contributed by atoms with Crippen LogP contribution in [0, 0.1) is 0 Å². The van der Waals surface area contributed by atoms with E-state index in [4.69, 9.17) is 0 Å². The number of benzene rings is 1. The lowest BCUT2D eigenvalue weighted by atomic mass is 9.95. The molecular formula is C18H17F3N2O2S2. The molecule has 0 spiro atoms. The molecule has 4 nitrogen and oxygen atoms in total. The summed E-state index contributed by atoms with van der Waals surface area (Å²) in [6.45, 7) is 0. The van der Waals surface area contributed by atoms with Gasteiger partial charge in [-0.15, -0.1) is 23.1 Å². The summed E-state index contributed by atoms with van der Waals surface area (Å²) in [6.07, 6.45) is 0.00960. The number of halogens is 3. The Morgan fingerprint density at radius 1 is 1.07 bits per heavy atom. The van der Waals surface area contributed by atoms with E-state index in [0.29, 0.717) is 18.5 Å². The molecule has 1 aliphatic carbocycles. The van der Waals surface area contributed by atoms with E-state index in [2.05, 4.69) is 5.32 Å². The monoisotopic (exact) mass is 414 g/mol. The Morgan fingerprint density at radius 3 is 2.37 bits per heavy atom. The lowest BCUT2D eigenvalue weighted by Crippen LogP contribution is -2.30. The van der Waals surface area contributed by atoms with Crippen LogP contribution < -0.4 is 10.6 Å². The van der Waals surface area contributed by atoms with Crippen molar-refractivity contribution in [1.82, 2.24) is 0 Å². The molecule has 0 atom stereocenters. The number of hydrogen-bond donors (Lipinski definition) is 2. The zero-order valence-electron chi connectivity index (χ0n) is 14.4. The highest BCUT2D eigenvalue weighted by Gasteiger charge is 2.40. The zero-order chi connectivity index (χ0) is 19.6. The summed E-state index contributed by atoms with van der Waals surface area (Å²) in [5.74, 6) is -2.58. The minimum atomic E-state index is -5.01. The van der Waals surface area contributed by atoms with Gasteiger partial charge in [0.15, 0.2) is 0 Å². The molecule has 9 heteroatoms. The molecule has 1 heterocycles. The maximum atomic E-state index is 12.8. The van der Waals surface area contributed by atoms with E-state index in [0.717, 1.165) is 39.5 Å².